The third-order valence-corrected chi connectivity index (χ3v) is 2.20. The van der Waals surface area contributed by atoms with Gasteiger partial charge in [0.2, 0.25) is 0 Å². The average Bonchev–Trinajstić information content (AvgIpc) is 2.09. The molecule has 1 heterocycles. The minimum atomic E-state index is 0.532. The molecule has 72 valence electrons. The van der Waals surface area contributed by atoms with Crippen molar-refractivity contribution in [2.24, 2.45) is 0 Å². The molecule has 0 unspecified atom stereocenters. The Bertz CT molecular complexity index is 250. The van der Waals surface area contributed by atoms with Gasteiger partial charge in [-0.15, -0.1) is 0 Å². The predicted molar refractivity (Wildman–Crippen MR) is 58.9 cm³/mol. The molecule has 0 aliphatic carbocycles. The van der Waals surface area contributed by atoms with Crippen molar-refractivity contribution in [1.82, 2.24) is 9.29 Å². The molecule has 0 aromatic carbocycles. The molecule has 0 aliphatic rings. The number of hydrogen-bond donors (Lipinski definition) is 1. The smallest absolute Gasteiger partial charge is 0.129 e. The van der Waals surface area contributed by atoms with Crippen LogP contribution in [0.3, 0.4) is 0 Å². The third kappa shape index (κ3) is 3.98. The summed E-state index contributed by atoms with van der Waals surface area (Å²) < 4.78 is 1.96. The lowest BCUT2D eigenvalue weighted by Crippen LogP contribution is -2.12. The SMILES string of the molecule is CCCN(S)Cc1ccc(Cl)nc1. The molecule has 0 N–H and O–H groups in total. The van der Waals surface area contributed by atoms with Gasteiger partial charge < -0.3 is 0 Å². The number of rotatable bonds is 4. The number of halogens is 1. The summed E-state index contributed by atoms with van der Waals surface area (Å²) in [6.07, 6.45) is 2.88. The summed E-state index contributed by atoms with van der Waals surface area (Å²) in [4.78, 5) is 4.00. The summed E-state index contributed by atoms with van der Waals surface area (Å²) in [5.74, 6) is 0. The number of thiol groups is 1. The first-order valence-electron chi connectivity index (χ1n) is 4.26. The highest BCUT2D eigenvalue weighted by atomic mass is 35.5. The molecule has 0 atom stereocenters. The molecule has 0 amide bonds. The first-order valence-corrected chi connectivity index (χ1v) is 5.04. The molecule has 1 rings (SSSR count). The van der Waals surface area contributed by atoms with Crippen LogP contribution >= 0.6 is 24.4 Å². The Morgan fingerprint density at radius 2 is 2.31 bits per heavy atom. The lowest BCUT2D eigenvalue weighted by molar-refractivity contribution is 0.470. The van der Waals surface area contributed by atoms with E-state index in [0.29, 0.717) is 5.15 Å². The van der Waals surface area contributed by atoms with E-state index in [0.717, 1.165) is 25.1 Å². The predicted octanol–water partition coefficient (Wildman–Crippen LogP) is 2.79. The van der Waals surface area contributed by atoms with Crippen molar-refractivity contribution in [3.8, 4) is 0 Å². The first kappa shape index (κ1) is 10.8. The molecular weight excluding hydrogens is 204 g/mol. The molecule has 1 aromatic rings. The van der Waals surface area contributed by atoms with Gasteiger partial charge in [0, 0.05) is 19.3 Å². The van der Waals surface area contributed by atoms with Crippen LogP contribution < -0.4 is 0 Å². The Morgan fingerprint density at radius 3 is 2.85 bits per heavy atom. The molecule has 0 bridgehead atoms. The van der Waals surface area contributed by atoms with Crippen LogP contribution in [0.25, 0.3) is 0 Å². The van der Waals surface area contributed by atoms with E-state index < -0.39 is 0 Å². The van der Waals surface area contributed by atoms with Gasteiger partial charge in [-0.3, -0.25) is 0 Å². The van der Waals surface area contributed by atoms with Crippen molar-refractivity contribution >= 4 is 24.4 Å². The monoisotopic (exact) mass is 216 g/mol. The van der Waals surface area contributed by atoms with Crippen LogP contribution in [0.5, 0.6) is 0 Å². The van der Waals surface area contributed by atoms with Gasteiger partial charge >= 0.3 is 0 Å². The molecule has 0 saturated carbocycles. The molecule has 0 radical (unpaired) electrons. The van der Waals surface area contributed by atoms with E-state index in [1.807, 2.05) is 10.4 Å². The number of hydrogen-bond acceptors (Lipinski definition) is 3. The van der Waals surface area contributed by atoms with E-state index in [1.54, 1.807) is 12.3 Å². The number of nitrogens with zero attached hydrogens (tertiary/aromatic N) is 2. The van der Waals surface area contributed by atoms with Gasteiger partial charge in [-0.25, -0.2) is 9.29 Å². The lowest BCUT2D eigenvalue weighted by atomic mass is 10.3. The molecule has 0 fully saturated rings. The van der Waals surface area contributed by atoms with Crippen LogP contribution in [0.15, 0.2) is 18.3 Å². The summed E-state index contributed by atoms with van der Waals surface area (Å²) in [6.45, 7) is 3.91. The number of aromatic nitrogens is 1. The van der Waals surface area contributed by atoms with Crippen molar-refractivity contribution in [1.29, 1.82) is 0 Å². The fourth-order valence-corrected chi connectivity index (χ4v) is 1.52. The summed E-state index contributed by atoms with van der Waals surface area (Å²) >= 11 is 9.99. The van der Waals surface area contributed by atoms with Crippen LogP contribution in [-0.2, 0) is 6.54 Å². The van der Waals surface area contributed by atoms with Crippen molar-refractivity contribution < 1.29 is 0 Å². The molecule has 0 aliphatic heterocycles. The maximum atomic E-state index is 5.67. The van der Waals surface area contributed by atoms with Crippen LogP contribution in [0.1, 0.15) is 18.9 Å². The van der Waals surface area contributed by atoms with Gasteiger partial charge in [-0.1, -0.05) is 37.4 Å². The minimum Gasteiger partial charge on any atom is -0.249 e. The minimum absolute atomic E-state index is 0.532. The summed E-state index contributed by atoms with van der Waals surface area (Å²) in [7, 11) is 0. The van der Waals surface area contributed by atoms with Gasteiger partial charge in [-0.05, 0) is 18.1 Å². The Morgan fingerprint density at radius 1 is 1.54 bits per heavy atom. The molecule has 1 aromatic heterocycles. The van der Waals surface area contributed by atoms with Crippen LogP contribution in [-0.4, -0.2) is 15.8 Å². The van der Waals surface area contributed by atoms with Crippen LogP contribution in [0, 0.1) is 0 Å². The lowest BCUT2D eigenvalue weighted by Gasteiger charge is -2.13. The first-order chi connectivity index (χ1) is 6.22. The van der Waals surface area contributed by atoms with Gasteiger partial charge in [0.15, 0.2) is 0 Å². The highest BCUT2D eigenvalue weighted by Gasteiger charge is 1.99. The topological polar surface area (TPSA) is 16.1 Å². The highest BCUT2D eigenvalue weighted by molar-refractivity contribution is 7.77. The van der Waals surface area contributed by atoms with Crippen molar-refractivity contribution in [3.63, 3.8) is 0 Å². The van der Waals surface area contributed by atoms with Gasteiger partial charge in [-0.2, -0.15) is 0 Å². The van der Waals surface area contributed by atoms with Gasteiger partial charge in [0.05, 0.1) is 0 Å². The largest absolute Gasteiger partial charge is 0.249 e. The fraction of sp³-hybridized carbons (Fsp3) is 0.444. The zero-order chi connectivity index (χ0) is 9.68. The summed E-state index contributed by atoms with van der Waals surface area (Å²) in [6, 6.07) is 3.76. The third-order valence-electron chi connectivity index (χ3n) is 1.64. The maximum absolute atomic E-state index is 5.67. The number of pyridine rings is 1. The summed E-state index contributed by atoms with van der Waals surface area (Å²) in [5, 5.41) is 0.532. The maximum Gasteiger partial charge on any atom is 0.129 e. The van der Waals surface area contributed by atoms with E-state index in [-0.39, 0.29) is 0 Å². The second kappa shape index (κ2) is 5.47. The Balaban J connectivity index is 2.49. The second-order valence-electron chi connectivity index (χ2n) is 2.88. The van der Waals surface area contributed by atoms with Crippen LogP contribution in [0.2, 0.25) is 5.15 Å². The molecule has 2 nitrogen and oxygen atoms in total. The Labute approximate surface area is 89.5 Å². The van der Waals surface area contributed by atoms with Crippen molar-refractivity contribution in [2.45, 2.75) is 19.9 Å². The van der Waals surface area contributed by atoms with E-state index >= 15 is 0 Å². The summed E-state index contributed by atoms with van der Waals surface area (Å²) in [5.41, 5.74) is 1.13. The zero-order valence-electron chi connectivity index (χ0n) is 7.57. The quantitative estimate of drug-likeness (QED) is 0.616. The second-order valence-corrected chi connectivity index (χ2v) is 3.83. The van der Waals surface area contributed by atoms with Crippen molar-refractivity contribution in [2.75, 3.05) is 6.54 Å². The molecule has 0 spiro atoms. The van der Waals surface area contributed by atoms with E-state index in [4.69, 9.17) is 11.6 Å². The highest BCUT2D eigenvalue weighted by Crippen LogP contribution is 2.09. The Hall–Kier alpha value is -0.250. The Kier molecular flexibility index (Phi) is 4.56. The van der Waals surface area contributed by atoms with E-state index in [2.05, 4.69) is 24.7 Å². The molecular formula is C9H13ClN2S. The normalized spacial score (nSPS) is 10.8. The standard InChI is InChI=1S/C9H13ClN2S/c1-2-5-12(13)7-8-3-4-9(10)11-6-8/h3-4,6,13H,2,5,7H2,1H3. The van der Waals surface area contributed by atoms with E-state index in [9.17, 15) is 0 Å². The average molecular weight is 217 g/mol. The molecule has 0 saturated heterocycles. The van der Waals surface area contributed by atoms with Crippen LogP contribution in [0.4, 0.5) is 0 Å². The molecule has 13 heavy (non-hydrogen) atoms. The van der Waals surface area contributed by atoms with Crippen molar-refractivity contribution in [3.05, 3.63) is 29.0 Å². The van der Waals surface area contributed by atoms with E-state index in [1.165, 1.54) is 0 Å². The van der Waals surface area contributed by atoms with Gasteiger partial charge in [0.1, 0.15) is 5.15 Å². The van der Waals surface area contributed by atoms with Gasteiger partial charge in [0.25, 0.3) is 0 Å². The zero-order valence-corrected chi connectivity index (χ0v) is 9.22. The molecule has 4 heteroatoms. The fourth-order valence-electron chi connectivity index (χ4n) is 1.05.